The van der Waals surface area contributed by atoms with Crippen LogP contribution in [0.15, 0.2) is 111 Å². The number of benzene rings is 4. The van der Waals surface area contributed by atoms with Crippen molar-refractivity contribution in [3.8, 4) is 5.75 Å². The largest absolute Gasteiger partial charge is 0.488 e. The van der Waals surface area contributed by atoms with Crippen molar-refractivity contribution in [2.24, 2.45) is 32.3 Å². The molecule has 0 aromatic heterocycles. The number of hydrogen-bond donors (Lipinski definition) is 2. The summed E-state index contributed by atoms with van der Waals surface area (Å²) in [4.78, 5) is 0. The van der Waals surface area contributed by atoms with Crippen LogP contribution in [0.2, 0.25) is 0 Å². The third-order valence-electron chi connectivity index (χ3n) is 7.69. The van der Waals surface area contributed by atoms with E-state index in [9.17, 15) is 21.4 Å². The van der Waals surface area contributed by atoms with E-state index in [1.807, 2.05) is 80.6 Å². The molecule has 0 bridgehead atoms. The molecule has 4 rings (SSSR count). The maximum Gasteiger partial charge on any atom is 0.264 e. The molecule has 3 atom stereocenters. The second-order valence-electron chi connectivity index (χ2n) is 11.8. The van der Waals surface area contributed by atoms with Crippen LogP contribution in [0, 0.1) is 11.8 Å². The number of fused-ring (bicyclic) bond motifs is 1. The van der Waals surface area contributed by atoms with E-state index in [1.54, 1.807) is 24.3 Å². The second kappa shape index (κ2) is 16.7. The Balaban J connectivity index is 1.56. The highest BCUT2D eigenvalue weighted by Crippen LogP contribution is 2.39. The van der Waals surface area contributed by atoms with Gasteiger partial charge in [0.25, 0.3) is 20.2 Å². The van der Waals surface area contributed by atoms with Crippen LogP contribution in [0.4, 0.5) is 22.7 Å². The molecule has 0 fully saturated rings. The van der Waals surface area contributed by atoms with E-state index in [4.69, 9.17) is 9.29 Å². The molecule has 0 heterocycles. The van der Waals surface area contributed by atoms with Crippen LogP contribution in [0.3, 0.4) is 0 Å². The van der Waals surface area contributed by atoms with Crippen molar-refractivity contribution in [3.05, 3.63) is 91.0 Å². The first-order chi connectivity index (χ1) is 22.3. The lowest BCUT2D eigenvalue weighted by atomic mass is 9.94. The van der Waals surface area contributed by atoms with Crippen LogP contribution >= 0.6 is 0 Å². The predicted molar refractivity (Wildman–Crippen MR) is 184 cm³/mol. The Morgan fingerprint density at radius 1 is 0.596 bits per heavy atom. The maximum absolute atomic E-state index is 11.4. The Labute approximate surface area is 276 Å². The summed E-state index contributed by atoms with van der Waals surface area (Å²) in [5.74, 6) is -0.289. The third-order valence-corrected chi connectivity index (χ3v) is 9.20. The molecule has 0 spiro atoms. The van der Waals surface area contributed by atoms with E-state index in [2.05, 4.69) is 20.5 Å². The number of rotatable bonds is 17. The molecule has 4 aromatic rings. The average molecular weight is 681 g/mol. The molecule has 0 aliphatic heterocycles. The smallest absolute Gasteiger partial charge is 0.264 e. The van der Waals surface area contributed by atoms with Gasteiger partial charge in [-0.25, -0.2) is 0 Å². The van der Waals surface area contributed by atoms with Gasteiger partial charge in [0.2, 0.25) is 0 Å². The summed E-state index contributed by atoms with van der Waals surface area (Å²) in [6, 6.07) is 28.1. The van der Waals surface area contributed by atoms with E-state index >= 15 is 0 Å². The normalized spacial score (nSPS) is 14.5. The first kappa shape index (κ1) is 35.8. The fourth-order valence-electron chi connectivity index (χ4n) is 5.02. The average Bonchev–Trinajstić information content (AvgIpc) is 3.04. The molecule has 0 radical (unpaired) electrons. The van der Waals surface area contributed by atoms with E-state index in [0.717, 1.165) is 16.5 Å². The Kier molecular flexibility index (Phi) is 12.7. The zero-order chi connectivity index (χ0) is 33.9. The summed E-state index contributed by atoms with van der Waals surface area (Å²) in [6.07, 6.45) is 1.83. The lowest BCUT2D eigenvalue weighted by Crippen LogP contribution is -2.22. The Bertz CT molecular complexity index is 1880. The SMILES string of the molecule is CC(CCC(CC(C)CCS(=O)(=O)O)Oc1ccc2ccccc2c1N=Nc1ccc(N=Nc2ccccc2)cc1)CCS(=O)(=O)O. The highest BCUT2D eigenvalue weighted by molar-refractivity contribution is 7.86. The Hall–Kier alpha value is -4.04. The van der Waals surface area contributed by atoms with Gasteiger partial charge in [-0.05, 0) is 91.8 Å². The van der Waals surface area contributed by atoms with Crippen LogP contribution in [-0.4, -0.2) is 43.6 Å². The highest BCUT2D eigenvalue weighted by Gasteiger charge is 2.21. The summed E-state index contributed by atoms with van der Waals surface area (Å²) < 4.78 is 70.2. The molecule has 47 heavy (non-hydrogen) atoms. The second-order valence-corrected chi connectivity index (χ2v) is 14.9. The van der Waals surface area contributed by atoms with Gasteiger partial charge in [-0.1, -0.05) is 62.4 Å². The first-order valence-corrected chi connectivity index (χ1v) is 18.6. The van der Waals surface area contributed by atoms with Gasteiger partial charge in [0.15, 0.2) is 0 Å². The molecule has 0 saturated carbocycles. The third kappa shape index (κ3) is 12.6. The Morgan fingerprint density at radius 3 is 1.74 bits per heavy atom. The van der Waals surface area contributed by atoms with Gasteiger partial charge in [0, 0.05) is 5.39 Å². The molecule has 0 aliphatic rings. The summed E-state index contributed by atoms with van der Waals surface area (Å²) in [5.41, 5.74) is 2.55. The number of ether oxygens (including phenoxy) is 1. The zero-order valence-corrected chi connectivity index (χ0v) is 28.0. The van der Waals surface area contributed by atoms with Gasteiger partial charge in [0.05, 0.1) is 34.7 Å². The van der Waals surface area contributed by atoms with Crippen LogP contribution in [-0.2, 0) is 20.2 Å². The number of hydrogen-bond acceptors (Lipinski definition) is 9. The first-order valence-electron chi connectivity index (χ1n) is 15.4. The van der Waals surface area contributed by atoms with E-state index < -0.39 is 20.2 Å². The lowest BCUT2D eigenvalue weighted by molar-refractivity contribution is 0.152. The summed E-state index contributed by atoms with van der Waals surface area (Å²) >= 11 is 0. The number of nitrogens with zero attached hydrogens (tertiary/aromatic N) is 4. The monoisotopic (exact) mass is 680 g/mol. The van der Waals surface area contributed by atoms with Crippen molar-refractivity contribution in [1.82, 2.24) is 0 Å². The highest BCUT2D eigenvalue weighted by atomic mass is 32.2. The van der Waals surface area contributed by atoms with E-state index in [1.165, 1.54) is 0 Å². The quantitative estimate of drug-likeness (QED) is 0.0827. The molecular formula is C34H40N4O7S2. The van der Waals surface area contributed by atoms with Gasteiger partial charge in [-0.15, -0.1) is 5.11 Å². The van der Waals surface area contributed by atoms with Crippen LogP contribution in [0.25, 0.3) is 10.8 Å². The molecule has 4 aromatic carbocycles. The molecule has 3 unspecified atom stereocenters. The molecule has 11 nitrogen and oxygen atoms in total. The number of azo groups is 2. The molecule has 0 aliphatic carbocycles. The van der Waals surface area contributed by atoms with E-state index in [-0.39, 0.29) is 35.9 Å². The van der Waals surface area contributed by atoms with Crippen molar-refractivity contribution in [2.75, 3.05) is 11.5 Å². The van der Waals surface area contributed by atoms with Gasteiger partial charge >= 0.3 is 0 Å². The van der Waals surface area contributed by atoms with Crippen molar-refractivity contribution in [1.29, 1.82) is 0 Å². The van der Waals surface area contributed by atoms with Crippen LogP contribution < -0.4 is 4.74 Å². The minimum atomic E-state index is -4.10. The van der Waals surface area contributed by atoms with Gasteiger partial charge in [-0.3, -0.25) is 9.11 Å². The van der Waals surface area contributed by atoms with Gasteiger partial charge in [0.1, 0.15) is 11.4 Å². The minimum absolute atomic E-state index is 0.0119. The van der Waals surface area contributed by atoms with E-state index in [0.29, 0.717) is 48.5 Å². The van der Waals surface area contributed by atoms with Crippen molar-refractivity contribution in [2.45, 2.75) is 52.1 Å². The van der Waals surface area contributed by atoms with Gasteiger partial charge in [-0.2, -0.15) is 32.2 Å². The molecule has 13 heteroatoms. The molecule has 2 N–H and O–H groups in total. The molecule has 0 amide bonds. The fraction of sp³-hybridized carbons (Fsp3) is 0.353. The van der Waals surface area contributed by atoms with Gasteiger partial charge < -0.3 is 4.74 Å². The van der Waals surface area contributed by atoms with Crippen LogP contribution in [0.5, 0.6) is 5.75 Å². The van der Waals surface area contributed by atoms with Crippen LogP contribution in [0.1, 0.15) is 46.0 Å². The zero-order valence-electron chi connectivity index (χ0n) is 26.4. The molecule has 250 valence electrons. The summed E-state index contributed by atoms with van der Waals surface area (Å²) in [6.45, 7) is 3.81. The van der Waals surface area contributed by atoms with Crippen molar-refractivity contribution >= 4 is 53.8 Å². The van der Waals surface area contributed by atoms with Crippen molar-refractivity contribution in [3.63, 3.8) is 0 Å². The molecular weight excluding hydrogens is 641 g/mol. The fourth-order valence-corrected chi connectivity index (χ4v) is 6.42. The minimum Gasteiger partial charge on any atom is -0.488 e. The summed E-state index contributed by atoms with van der Waals surface area (Å²) in [7, 11) is -8.17. The summed E-state index contributed by atoms with van der Waals surface area (Å²) in [5, 5.41) is 19.4. The van der Waals surface area contributed by atoms with Crippen molar-refractivity contribution < 1.29 is 30.7 Å². The Morgan fingerprint density at radius 2 is 1.13 bits per heavy atom. The standard InChI is InChI=1S/C34H40N4O7S2/c1-25(20-22-46(39,40)41)12-18-31(24-26(2)21-23-47(42,43)44)45-33-19-13-27-8-6-7-11-32(27)34(33)38-37-30-16-14-29(15-17-30)36-35-28-9-4-3-5-10-28/h3-11,13-17,19,25-26,31H,12,18,20-24H2,1-2H3,(H,39,40,41)(H,42,43,44). The topological polar surface area (TPSA) is 167 Å². The maximum atomic E-state index is 11.4. The molecule has 0 saturated heterocycles. The predicted octanol–water partition coefficient (Wildman–Crippen LogP) is 9.42. The lowest BCUT2D eigenvalue weighted by Gasteiger charge is -2.25.